The van der Waals surface area contributed by atoms with Crippen LogP contribution in [0, 0.1) is 17.8 Å². The molecule has 2 aliphatic heterocycles. The molecule has 6 atom stereocenters. The standard InChI is InChI=1S/C26H32N2O2/c1-3-17(8-7-13-27)20-15-21(20)25-26(18-9-5-4-6-10-18)16-24(30-25)28-23-12-11-19(29-2)14-22(23)26/h3-6,9-12,14,17,20-21,24-25,28H,1,7-8,13,15-16,27H2,2H3/t17?,20?,21-,24+,25+,26+/m1/s1. The number of hydrogen-bond acceptors (Lipinski definition) is 4. The number of allylic oxidation sites excluding steroid dienone is 1. The summed E-state index contributed by atoms with van der Waals surface area (Å²) >= 11 is 0. The number of ether oxygens (including phenoxy) is 2. The van der Waals surface area contributed by atoms with Gasteiger partial charge in [0.15, 0.2) is 0 Å². The van der Waals surface area contributed by atoms with E-state index in [0.29, 0.717) is 17.8 Å². The van der Waals surface area contributed by atoms with E-state index in [-0.39, 0.29) is 17.7 Å². The van der Waals surface area contributed by atoms with Crippen molar-refractivity contribution in [2.45, 2.75) is 43.4 Å². The third kappa shape index (κ3) is 3.05. The second-order valence-corrected chi connectivity index (χ2v) is 9.04. The molecule has 4 heteroatoms. The molecule has 2 aromatic rings. The van der Waals surface area contributed by atoms with E-state index in [4.69, 9.17) is 15.2 Å². The number of nitrogens with two attached hydrogens (primary N) is 1. The fraction of sp³-hybridized carbons (Fsp3) is 0.462. The molecule has 0 radical (unpaired) electrons. The van der Waals surface area contributed by atoms with Gasteiger partial charge in [-0.3, -0.25) is 0 Å². The van der Waals surface area contributed by atoms with Gasteiger partial charge in [-0.2, -0.15) is 0 Å². The predicted octanol–water partition coefficient (Wildman–Crippen LogP) is 4.70. The molecule has 1 saturated heterocycles. The van der Waals surface area contributed by atoms with Crippen molar-refractivity contribution < 1.29 is 9.47 Å². The van der Waals surface area contributed by atoms with Gasteiger partial charge in [0, 0.05) is 12.1 Å². The van der Waals surface area contributed by atoms with Gasteiger partial charge in [0.2, 0.25) is 0 Å². The Bertz CT molecular complexity index is 915. The molecule has 1 saturated carbocycles. The lowest BCUT2D eigenvalue weighted by Crippen LogP contribution is -2.40. The number of rotatable bonds is 8. The summed E-state index contributed by atoms with van der Waals surface area (Å²) < 4.78 is 12.3. The maximum absolute atomic E-state index is 6.74. The van der Waals surface area contributed by atoms with Gasteiger partial charge in [0.05, 0.1) is 18.6 Å². The van der Waals surface area contributed by atoms with Gasteiger partial charge in [-0.25, -0.2) is 0 Å². The molecule has 0 aromatic heterocycles. The van der Waals surface area contributed by atoms with Gasteiger partial charge in [-0.15, -0.1) is 6.58 Å². The average Bonchev–Trinajstić information content (AvgIpc) is 3.51. The lowest BCUT2D eigenvalue weighted by atomic mass is 9.65. The Hall–Kier alpha value is -2.30. The molecule has 3 N–H and O–H groups in total. The molecule has 4 nitrogen and oxygen atoms in total. The number of hydrogen-bond donors (Lipinski definition) is 2. The van der Waals surface area contributed by atoms with Gasteiger partial charge < -0.3 is 20.5 Å². The Morgan fingerprint density at radius 3 is 2.87 bits per heavy atom. The van der Waals surface area contributed by atoms with Crippen molar-refractivity contribution in [1.82, 2.24) is 0 Å². The fourth-order valence-corrected chi connectivity index (χ4v) is 5.99. The molecule has 2 fully saturated rings. The SMILES string of the molecule is C=CC(CCCN)C1C[C@H]1[C@@H]1O[C@H]2C[C@]1(c1ccccc1)c1cc(OC)ccc1N2. The molecule has 2 heterocycles. The van der Waals surface area contributed by atoms with Crippen LogP contribution in [0.5, 0.6) is 5.75 Å². The Morgan fingerprint density at radius 2 is 2.13 bits per heavy atom. The summed E-state index contributed by atoms with van der Waals surface area (Å²) in [4.78, 5) is 0. The molecule has 2 bridgehead atoms. The fourth-order valence-electron chi connectivity index (χ4n) is 5.99. The van der Waals surface area contributed by atoms with E-state index in [0.717, 1.165) is 31.6 Å². The lowest BCUT2D eigenvalue weighted by Gasteiger charge is -2.39. The van der Waals surface area contributed by atoms with Crippen molar-refractivity contribution in [1.29, 1.82) is 0 Å². The third-order valence-corrected chi connectivity index (χ3v) is 7.49. The second-order valence-electron chi connectivity index (χ2n) is 9.04. The van der Waals surface area contributed by atoms with Crippen LogP contribution in [0.1, 0.15) is 36.8 Å². The predicted molar refractivity (Wildman–Crippen MR) is 121 cm³/mol. The van der Waals surface area contributed by atoms with Crippen molar-refractivity contribution >= 4 is 5.69 Å². The van der Waals surface area contributed by atoms with Gasteiger partial charge in [0.1, 0.15) is 12.0 Å². The molecular formula is C26H32N2O2. The van der Waals surface area contributed by atoms with Crippen LogP contribution in [0.15, 0.2) is 61.2 Å². The van der Waals surface area contributed by atoms with Gasteiger partial charge in [0.25, 0.3) is 0 Å². The van der Waals surface area contributed by atoms with Crippen LogP contribution >= 0.6 is 0 Å². The third-order valence-electron chi connectivity index (χ3n) is 7.49. The van der Waals surface area contributed by atoms with Gasteiger partial charge in [-0.05, 0) is 72.9 Å². The number of nitrogens with one attached hydrogen (secondary N) is 1. The minimum absolute atomic E-state index is 0.0450. The van der Waals surface area contributed by atoms with E-state index >= 15 is 0 Å². The van der Waals surface area contributed by atoms with Crippen LogP contribution in [0.4, 0.5) is 5.69 Å². The molecule has 2 aromatic carbocycles. The Labute approximate surface area is 179 Å². The zero-order valence-corrected chi connectivity index (χ0v) is 17.7. The largest absolute Gasteiger partial charge is 0.497 e. The number of benzene rings is 2. The Morgan fingerprint density at radius 1 is 1.30 bits per heavy atom. The van der Waals surface area contributed by atoms with Crippen LogP contribution in [0.25, 0.3) is 0 Å². The second kappa shape index (κ2) is 7.75. The van der Waals surface area contributed by atoms with Gasteiger partial charge >= 0.3 is 0 Å². The maximum Gasteiger partial charge on any atom is 0.129 e. The lowest BCUT2D eigenvalue weighted by molar-refractivity contribution is 0.0305. The summed E-state index contributed by atoms with van der Waals surface area (Å²) in [5.74, 6) is 2.59. The summed E-state index contributed by atoms with van der Waals surface area (Å²) in [5.41, 5.74) is 9.43. The topological polar surface area (TPSA) is 56.5 Å². The van der Waals surface area contributed by atoms with E-state index in [1.165, 1.54) is 23.2 Å². The number of fused-ring (bicyclic) bond motifs is 4. The smallest absolute Gasteiger partial charge is 0.129 e. The minimum Gasteiger partial charge on any atom is -0.497 e. The molecule has 30 heavy (non-hydrogen) atoms. The summed E-state index contributed by atoms with van der Waals surface area (Å²) in [5, 5.41) is 3.62. The van der Waals surface area contributed by atoms with E-state index < -0.39 is 0 Å². The molecule has 3 aliphatic rings. The molecule has 0 spiro atoms. The minimum atomic E-state index is -0.153. The number of anilines is 1. The van der Waals surface area contributed by atoms with Gasteiger partial charge in [-0.1, -0.05) is 36.4 Å². The first-order valence-electron chi connectivity index (χ1n) is 11.2. The highest BCUT2D eigenvalue weighted by molar-refractivity contribution is 5.65. The van der Waals surface area contributed by atoms with Crippen molar-refractivity contribution in [2.24, 2.45) is 23.5 Å². The molecule has 2 unspecified atom stereocenters. The molecule has 5 rings (SSSR count). The van der Waals surface area contributed by atoms with Crippen LogP contribution in [0.2, 0.25) is 0 Å². The first-order chi connectivity index (χ1) is 14.7. The normalized spacial score (nSPS) is 32.1. The Kier molecular flexibility index (Phi) is 5.08. The summed E-state index contributed by atoms with van der Waals surface area (Å²) in [7, 11) is 1.74. The Balaban J connectivity index is 1.56. The van der Waals surface area contributed by atoms with Crippen molar-refractivity contribution in [2.75, 3.05) is 19.0 Å². The quantitative estimate of drug-likeness (QED) is 0.626. The van der Waals surface area contributed by atoms with Crippen LogP contribution < -0.4 is 15.8 Å². The molecule has 1 aliphatic carbocycles. The summed E-state index contributed by atoms with van der Waals surface area (Å²) in [6, 6.07) is 17.3. The van der Waals surface area contributed by atoms with E-state index in [1.54, 1.807) is 7.11 Å². The molecule has 158 valence electrons. The van der Waals surface area contributed by atoms with E-state index in [2.05, 4.69) is 60.4 Å². The number of methoxy groups -OCH3 is 1. The van der Waals surface area contributed by atoms with E-state index in [1.807, 2.05) is 6.07 Å². The average molecular weight is 405 g/mol. The molecular weight excluding hydrogens is 372 g/mol. The highest BCUT2D eigenvalue weighted by Gasteiger charge is 2.62. The maximum atomic E-state index is 6.74. The zero-order valence-electron chi connectivity index (χ0n) is 17.7. The summed E-state index contributed by atoms with van der Waals surface area (Å²) in [6.07, 6.45) is 6.67. The van der Waals surface area contributed by atoms with Crippen LogP contribution in [-0.2, 0) is 10.2 Å². The first kappa shape index (κ1) is 19.7. The van der Waals surface area contributed by atoms with Crippen LogP contribution in [-0.4, -0.2) is 26.0 Å². The van der Waals surface area contributed by atoms with Crippen LogP contribution in [0.3, 0.4) is 0 Å². The highest BCUT2D eigenvalue weighted by Crippen LogP contribution is 2.62. The molecule has 0 amide bonds. The van der Waals surface area contributed by atoms with Crippen molar-refractivity contribution in [3.63, 3.8) is 0 Å². The summed E-state index contributed by atoms with van der Waals surface area (Å²) in [6.45, 7) is 4.87. The van der Waals surface area contributed by atoms with Crippen molar-refractivity contribution in [3.8, 4) is 5.75 Å². The monoisotopic (exact) mass is 404 g/mol. The van der Waals surface area contributed by atoms with E-state index in [9.17, 15) is 0 Å². The first-order valence-corrected chi connectivity index (χ1v) is 11.2. The zero-order chi connectivity index (χ0) is 20.7. The van der Waals surface area contributed by atoms with Crippen molar-refractivity contribution in [3.05, 3.63) is 72.3 Å². The highest BCUT2D eigenvalue weighted by atomic mass is 16.5.